The summed E-state index contributed by atoms with van der Waals surface area (Å²) in [4.78, 5) is 18.6. The van der Waals surface area contributed by atoms with E-state index in [1.807, 2.05) is 0 Å². The van der Waals surface area contributed by atoms with Crippen LogP contribution in [-0.2, 0) is 6.42 Å². The summed E-state index contributed by atoms with van der Waals surface area (Å²) >= 11 is 5.79. The molecule has 78 valence electrons. The predicted molar refractivity (Wildman–Crippen MR) is 60.1 cm³/mol. The number of halogens is 1. The summed E-state index contributed by atoms with van der Waals surface area (Å²) in [5.41, 5.74) is 5.87. The summed E-state index contributed by atoms with van der Waals surface area (Å²) in [6.45, 7) is 0.460. The van der Waals surface area contributed by atoms with Crippen molar-refractivity contribution in [2.45, 2.75) is 6.42 Å². The molecular formula is C10H10ClN3O. The summed E-state index contributed by atoms with van der Waals surface area (Å²) in [5.74, 6) is 0.609. The third kappa shape index (κ3) is 2.00. The number of H-pyrrole nitrogens is 1. The molecule has 0 aliphatic carbocycles. The Morgan fingerprint density at radius 3 is 3.00 bits per heavy atom. The van der Waals surface area contributed by atoms with Gasteiger partial charge in [-0.2, -0.15) is 0 Å². The van der Waals surface area contributed by atoms with Gasteiger partial charge in [-0.05, 0) is 24.7 Å². The molecule has 1 aromatic heterocycles. The minimum atomic E-state index is -0.175. The highest BCUT2D eigenvalue weighted by Gasteiger charge is 2.03. The van der Waals surface area contributed by atoms with Crippen molar-refractivity contribution >= 4 is 22.5 Å². The van der Waals surface area contributed by atoms with E-state index in [-0.39, 0.29) is 5.56 Å². The number of fused-ring (bicyclic) bond motifs is 1. The van der Waals surface area contributed by atoms with Crippen LogP contribution in [0.25, 0.3) is 10.9 Å². The van der Waals surface area contributed by atoms with Crippen molar-refractivity contribution in [3.63, 3.8) is 0 Å². The van der Waals surface area contributed by atoms with Crippen LogP contribution in [0.3, 0.4) is 0 Å². The van der Waals surface area contributed by atoms with E-state index in [4.69, 9.17) is 17.3 Å². The van der Waals surface area contributed by atoms with Gasteiger partial charge in [-0.3, -0.25) is 4.79 Å². The molecule has 0 bridgehead atoms. The molecule has 0 atom stereocenters. The van der Waals surface area contributed by atoms with Crippen LogP contribution in [0.4, 0.5) is 0 Å². The second kappa shape index (κ2) is 4.00. The lowest BCUT2D eigenvalue weighted by Gasteiger charge is -2.01. The molecule has 0 aliphatic heterocycles. The van der Waals surface area contributed by atoms with E-state index in [1.54, 1.807) is 18.2 Å². The van der Waals surface area contributed by atoms with Crippen LogP contribution in [0.1, 0.15) is 5.82 Å². The lowest BCUT2D eigenvalue weighted by molar-refractivity contribution is 0.870. The summed E-state index contributed by atoms with van der Waals surface area (Å²) in [5, 5.41) is 1.03. The summed E-state index contributed by atoms with van der Waals surface area (Å²) in [6, 6.07) is 5.05. The monoisotopic (exact) mass is 223 g/mol. The van der Waals surface area contributed by atoms with E-state index in [0.29, 0.717) is 34.7 Å². The van der Waals surface area contributed by atoms with Crippen molar-refractivity contribution in [1.82, 2.24) is 9.97 Å². The fourth-order valence-corrected chi connectivity index (χ4v) is 1.59. The first kappa shape index (κ1) is 10.1. The van der Waals surface area contributed by atoms with Crippen LogP contribution in [0, 0.1) is 0 Å². The van der Waals surface area contributed by atoms with Crippen molar-refractivity contribution in [3.05, 3.63) is 39.4 Å². The number of nitrogens with two attached hydrogens (primary N) is 1. The second-order valence-electron chi connectivity index (χ2n) is 3.21. The topological polar surface area (TPSA) is 71.8 Å². The van der Waals surface area contributed by atoms with Gasteiger partial charge in [-0.15, -0.1) is 0 Å². The highest BCUT2D eigenvalue weighted by molar-refractivity contribution is 6.31. The van der Waals surface area contributed by atoms with Gasteiger partial charge < -0.3 is 10.7 Å². The molecule has 15 heavy (non-hydrogen) atoms. The number of hydrogen-bond donors (Lipinski definition) is 2. The van der Waals surface area contributed by atoms with Crippen molar-refractivity contribution in [3.8, 4) is 0 Å². The molecule has 3 N–H and O–H groups in total. The van der Waals surface area contributed by atoms with Crippen molar-refractivity contribution in [2.24, 2.45) is 5.73 Å². The van der Waals surface area contributed by atoms with E-state index < -0.39 is 0 Å². The molecule has 0 radical (unpaired) electrons. The Balaban J connectivity index is 2.67. The fraction of sp³-hybridized carbons (Fsp3) is 0.200. The largest absolute Gasteiger partial charge is 0.330 e. The number of nitrogens with zero attached hydrogens (tertiary/aromatic N) is 1. The van der Waals surface area contributed by atoms with Crippen molar-refractivity contribution < 1.29 is 0 Å². The third-order valence-corrected chi connectivity index (χ3v) is 2.33. The van der Waals surface area contributed by atoms with Crippen molar-refractivity contribution in [1.29, 1.82) is 0 Å². The number of aromatic amines is 1. The van der Waals surface area contributed by atoms with E-state index >= 15 is 0 Å². The molecule has 0 spiro atoms. The van der Waals surface area contributed by atoms with Crippen molar-refractivity contribution in [2.75, 3.05) is 6.54 Å². The molecular weight excluding hydrogens is 214 g/mol. The normalized spacial score (nSPS) is 10.8. The third-order valence-electron chi connectivity index (χ3n) is 2.10. The van der Waals surface area contributed by atoms with Gasteiger partial charge in [0.25, 0.3) is 5.56 Å². The molecule has 0 amide bonds. The standard InChI is InChI=1S/C10H10ClN3O/c11-6-1-2-8-7(5-6)10(15)14-9(13-8)3-4-12/h1-2,5H,3-4,12H2,(H,13,14,15). The van der Waals surface area contributed by atoms with Gasteiger partial charge in [-0.25, -0.2) is 4.98 Å². The number of benzene rings is 1. The Kier molecular flexibility index (Phi) is 2.70. The average Bonchev–Trinajstić information content (AvgIpc) is 2.20. The first-order valence-electron chi connectivity index (χ1n) is 4.59. The average molecular weight is 224 g/mol. The molecule has 1 heterocycles. The van der Waals surface area contributed by atoms with E-state index in [0.717, 1.165) is 0 Å². The molecule has 0 fully saturated rings. The van der Waals surface area contributed by atoms with Crippen LogP contribution < -0.4 is 11.3 Å². The zero-order chi connectivity index (χ0) is 10.8. The first-order valence-corrected chi connectivity index (χ1v) is 4.97. The Morgan fingerprint density at radius 1 is 1.47 bits per heavy atom. The quantitative estimate of drug-likeness (QED) is 0.800. The molecule has 2 rings (SSSR count). The number of nitrogens with one attached hydrogen (secondary N) is 1. The highest BCUT2D eigenvalue weighted by Crippen LogP contribution is 2.14. The lowest BCUT2D eigenvalue weighted by atomic mass is 10.2. The maximum absolute atomic E-state index is 11.6. The number of aromatic nitrogens is 2. The molecule has 0 saturated carbocycles. The molecule has 1 aromatic carbocycles. The van der Waals surface area contributed by atoms with Gasteiger partial charge in [0.1, 0.15) is 5.82 Å². The summed E-state index contributed by atoms with van der Waals surface area (Å²) in [7, 11) is 0. The van der Waals surface area contributed by atoms with Gasteiger partial charge in [0.05, 0.1) is 10.9 Å². The van der Waals surface area contributed by atoms with E-state index in [2.05, 4.69) is 9.97 Å². The van der Waals surface area contributed by atoms with Crippen LogP contribution in [0.5, 0.6) is 0 Å². The summed E-state index contributed by atoms with van der Waals surface area (Å²) < 4.78 is 0. The van der Waals surface area contributed by atoms with Crippen LogP contribution in [0.2, 0.25) is 5.02 Å². The number of hydrogen-bond acceptors (Lipinski definition) is 3. The van der Waals surface area contributed by atoms with Gasteiger partial charge in [0.15, 0.2) is 0 Å². The van der Waals surface area contributed by atoms with Crippen LogP contribution >= 0.6 is 11.6 Å². The van der Waals surface area contributed by atoms with Crippen LogP contribution in [-0.4, -0.2) is 16.5 Å². The lowest BCUT2D eigenvalue weighted by Crippen LogP contribution is -2.14. The van der Waals surface area contributed by atoms with Crippen LogP contribution in [0.15, 0.2) is 23.0 Å². The van der Waals surface area contributed by atoms with Gasteiger partial charge in [-0.1, -0.05) is 11.6 Å². The minimum Gasteiger partial charge on any atom is -0.330 e. The van der Waals surface area contributed by atoms with E-state index in [9.17, 15) is 4.79 Å². The molecule has 5 heteroatoms. The highest BCUT2D eigenvalue weighted by atomic mass is 35.5. The van der Waals surface area contributed by atoms with Gasteiger partial charge in [0, 0.05) is 11.4 Å². The molecule has 4 nitrogen and oxygen atoms in total. The first-order chi connectivity index (χ1) is 7.20. The predicted octanol–water partition coefficient (Wildman–Crippen LogP) is 1.08. The number of rotatable bonds is 2. The fourth-order valence-electron chi connectivity index (χ4n) is 1.41. The SMILES string of the molecule is NCCc1nc2ccc(Cl)cc2c(=O)[nH]1. The van der Waals surface area contributed by atoms with Gasteiger partial charge in [0.2, 0.25) is 0 Å². The van der Waals surface area contributed by atoms with Gasteiger partial charge >= 0.3 is 0 Å². The molecule has 0 aliphatic rings. The minimum absolute atomic E-state index is 0.175. The molecule has 2 aromatic rings. The van der Waals surface area contributed by atoms with E-state index in [1.165, 1.54) is 0 Å². The molecule has 0 saturated heterocycles. The smallest absolute Gasteiger partial charge is 0.258 e. The zero-order valence-electron chi connectivity index (χ0n) is 7.96. The second-order valence-corrected chi connectivity index (χ2v) is 3.65. The Bertz CT molecular complexity index is 550. The summed E-state index contributed by atoms with van der Waals surface area (Å²) in [6.07, 6.45) is 0.563. The zero-order valence-corrected chi connectivity index (χ0v) is 8.71. The maximum atomic E-state index is 11.6. The Labute approximate surface area is 91.1 Å². The molecule has 0 unspecified atom stereocenters. The Morgan fingerprint density at radius 2 is 2.27 bits per heavy atom. The maximum Gasteiger partial charge on any atom is 0.258 e. The Hall–Kier alpha value is -1.39.